The molecule has 2 rings (SSSR count). The number of nitrogens with one attached hydrogen (secondary N) is 2. The predicted octanol–water partition coefficient (Wildman–Crippen LogP) is 1.99. The summed E-state index contributed by atoms with van der Waals surface area (Å²) in [4.78, 5) is 38.5. The minimum atomic E-state index is -0.730. The van der Waals surface area contributed by atoms with Gasteiger partial charge in [0.2, 0.25) is 0 Å². The monoisotopic (exact) mass is 316 g/mol. The van der Waals surface area contributed by atoms with Gasteiger partial charge in [-0.1, -0.05) is 25.5 Å². The zero-order chi connectivity index (χ0) is 16.8. The van der Waals surface area contributed by atoms with Gasteiger partial charge in [-0.25, -0.2) is 4.79 Å². The van der Waals surface area contributed by atoms with Crippen LogP contribution in [0.15, 0.2) is 35.1 Å². The molecular weight excluding hydrogens is 296 g/mol. The van der Waals surface area contributed by atoms with E-state index >= 15 is 0 Å². The molecule has 23 heavy (non-hydrogen) atoms. The maximum absolute atomic E-state index is 12.0. The number of fused-ring (bicyclic) bond motifs is 1. The van der Waals surface area contributed by atoms with Crippen LogP contribution in [0.1, 0.15) is 37.2 Å². The molecule has 0 radical (unpaired) electrons. The van der Waals surface area contributed by atoms with Crippen LogP contribution >= 0.6 is 0 Å². The standard InChI is InChI=1S/C17H20N2O4/c1-3-6-11(2)18-16(21)10-23-17(22)14-9-15(20)12-7-4-5-8-13(12)19-14/h4-5,7-9,11H,3,6,10H2,1-2H3,(H,18,21)(H,19,20)/t11-/m1/s1. The second-order valence-electron chi connectivity index (χ2n) is 5.43. The van der Waals surface area contributed by atoms with Gasteiger partial charge in [0.25, 0.3) is 5.91 Å². The summed E-state index contributed by atoms with van der Waals surface area (Å²) in [6.07, 6.45) is 1.82. The van der Waals surface area contributed by atoms with E-state index in [4.69, 9.17) is 4.74 Å². The summed E-state index contributed by atoms with van der Waals surface area (Å²) in [7, 11) is 0. The van der Waals surface area contributed by atoms with Crippen LogP contribution in [0, 0.1) is 0 Å². The Bertz CT molecular complexity index is 767. The Hall–Kier alpha value is -2.63. The van der Waals surface area contributed by atoms with Crippen LogP contribution in [-0.2, 0) is 9.53 Å². The van der Waals surface area contributed by atoms with E-state index in [1.807, 2.05) is 13.8 Å². The molecule has 0 unspecified atom stereocenters. The smallest absolute Gasteiger partial charge is 0.355 e. The molecule has 1 aromatic carbocycles. The van der Waals surface area contributed by atoms with Crippen molar-refractivity contribution < 1.29 is 14.3 Å². The molecule has 0 aliphatic heterocycles. The quantitative estimate of drug-likeness (QED) is 0.798. The van der Waals surface area contributed by atoms with Crippen molar-refractivity contribution in [2.75, 3.05) is 6.61 Å². The summed E-state index contributed by atoms with van der Waals surface area (Å²) in [5.41, 5.74) is 0.309. The van der Waals surface area contributed by atoms with Crippen molar-refractivity contribution in [2.45, 2.75) is 32.7 Å². The third kappa shape index (κ3) is 4.42. The number of aromatic nitrogens is 1. The molecule has 0 fully saturated rings. The van der Waals surface area contributed by atoms with Gasteiger partial charge in [-0.15, -0.1) is 0 Å². The van der Waals surface area contributed by atoms with Gasteiger partial charge in [-0.3, -0.25) is 9.59 Å². The van der Waals surface area contributed by atoms with Crippen LogP contribution in [0.2, 0.25) is 0 Å². The second-order valence-corrected chi connectivity index (χ2v) is 5.43. The van der Waals surface area contributed by atoms with E-state index in [-0.39, 0.29) is 29.7 Å². The number of hydrogen-bond acceptors (Lipinski definition) is 4. The Labute approximate surface area is 133 Å². The summed E-state index contributed by atoms with van der Waals surface area (Å²) in [6.45, 7) is 3.55. The number of carbonyl (C=O) groups excluding carboxylic acids is 2. The van der Waals surface area contributed by atoms with Crippen LogP contribution in [0.5, 0.6) is 0 Å². The first-order valence-corrected chi connectivity index (χ1v) is 7.59. The highest BCUT2D eigenvalue weighted by atomic mass is 16.5. The number of aromatic amines is 1. The molecule has 122 valence electrons. The van der Waals surface area contributed by atoms with E-state index in [9.17, 15) is 14.4 Å². The van der Waals surface area contributed by atoms with E-state index in [1.165, 1.54) is 6.07 Å². The molecule has 1 amide bonds. The van der Waals surface area contributed by atoms with Gasteiger partial charge >= 0.3 is 5.97 Å². The normalized spacial score (nSPS) is 11.9. The number of carbonyl (C=O) groups is 2. The average Bonchev–Trinajstić information content (AvgIpc) is 2.52. The Morgan fingerprint density at radius 1 is 1.30 bits per heavy atom. The van der Waals surface area contributed by atoms with Crippen molar-refractivity contribution >= 4 is 22.8 Å². The highest BCUT2D eigenvalue weighted by molar-refractivity contribution is 5.92. The SMILES string of the molecule is CCC[C@@H](C)NC(=O)COC(=O)c1cc(=O)c2ccccc2[nH]1. The van der Waals surface area contributed by atoms with Crippen LogP contribution in [0.4, 0.5) is 0 Å². The summed E-state index contributed by atoms with van der Waals surface area (Å²) >= 11 is 0. The van der Waals surface area contributed by atoms with Gasteiger partial charge in [0.1, 0.15) is 5.69 Å². The first-order chi connectivity index (χ1) is 11.0. The Morgan fingerprint density at radius 2 is 2.04 bits per heavy atom. The van der Waals surface area contributed by atoms with Crippen LogP contribution in [0.25, 0.3) is 10.9 Å². The summed E-state index contributed by atoms with van der Waals surface area (Å²) in [5, 5.41) is 3.24. The molecule has 1 heterocycles. The van der Waals surface area contributed by atoms with Gasteiger partial charge in [-0.2, -0.15) is 0 Å². The summed E-state index contributed by atoms with van der Waals surface area (Å²) in [5.74, 6) is -1.09. The molecule has 6 heteroatoms. The van der Waals surface area contributed by atoms with Crippen molar-refractivity contribution in [3.8, 4) is 0 Å². The highest BCUT2D eigenvalue weighted by Crippen LogP contribution is 2.08. The highest BCUT2D eigenvalue weighted by Gasteiger charge is 2.14. The number of rotatable bonds is 6. The number of benzene rings is 1. The molecule has 1 atom stereocenters. The number of amides is 1. The van der Waals surface area contributed by atoms with Gasteiger partial charge in [0, 0.05) is 23.0 Å². The lowest BCUT2D eigenvalue weighted by Crippen LogP contribution is -2.35. The molecule has 1 aromatic heterocycles. The number of hydrogen-bond donors (Lipinski definition) is 2. The Kier molecular flexibility index (Phi) is 5.51. The fourth-order valence-electron chi connectivity index (χ4n) is 2.34. The van der Waals surface area contributed by atoms with E-state index in [0.717, 1.165) is 12.8 Å². The maximum atomic E-state index is 12.0. The van der Waals surface area contributed by atoms with E-state index in [1.54, 1.807) is 24.3 Å². The lowest BCUT2D eigenvalue weighted by molar-refractivity contribution is -0.124. The lowest BCUT2D eigenvalue weighted by Gasteiger charge is -2.12. The van der Waals surface area contributed by atoms with Gasteiger partial charge in [0.05, 0.1) is 0 Å². The number of esters is 1. The third-order valence-corrected chi connectivity index (χ3v) is 3.42. The van der Waals surface area contributed by atoms with Crippen LogP contribution in [-0.4, -0.2) is 29.5 Å². The number of para-hydroxylation sites is 1. The molecule has 0 aliphatic carbocycles. The molecule has 2 aromatic rings. The number of pyridine rings is 1. The fraction of sp³-hybridized carbons (Fsp3) is 0.353. The molecule has 0 aliphatic rings. The van der Waals surface area contributed by atoms with Crippen molar-refractivity contribution in [3.05, 3.63) is 46.2 Å². The Morgan fingerprint density at radius 3 is 2.78 bits per heavy atom. The molecular formula is C17H20N2O4. The topological polar surface area (TPSA) is 88.3 Å². The first-order valence-electron chi connectivity index (χ1n) is 7.59. The molecule has 0 saturated carbocycles. The van der Waals surface area contributed by atoms with Gasteiger partial charge < -0.3 is 15.0 Å². The summed E-state index contributed by atoms with van der Waals surface area (Å²) < 4.78 is 4.95. The van der Waals surface area contributed by atoms with Crippen molar-refractivity contribution in [1.29, 1.82) is 0 Å². The zero-order valence-electron chi connectivity index (χ0n) is 13.2. The molecule has 6 nitrogen and oxygen atoms in total. The molecule has 0 saturated heterocycles. The second kappa shape index (κ2) is 7.58. The van der Waals surface area contributed by atoms with Crippen LogP contribution < -0.4 is 10.7 Å². The van der Waals surface area contributed by atoms with E-state index < -0.39 is 5.97 Å². The first kappa shape index (κ1) is 16.7. The molecule has 2 N–H and O–H groups in total. The fourth-order valence-corrected chi connectivity index (χ4v) is 2.34. The maximum Gasteiger partial charge on any atom is 0.355 e. The zero-order valence-corrected chi connectivity index (χ0v) is 13.2. The number of ether oxygens (including phenoxy) is 1. The van der Waals surface area contributed by atoms with Crippen molar-refractivity contribution in [1.82, 2.24) is 10.3 Å². The predicted molar refractivity (Wildman–Crippen MR) is 87.4 cm³/mol. The molecule has 0 spiro atoms. The van der Waals surface area contributed by atoms with Crippen molar-refractivity contribution in [2.24, 2.45) is 0 Å². The third-order valence-electron chi connectivity index (χ3n) is 3.42. The van der Waals surface area contributed by atoms with Crippen LogP contribution in [0.3, 0.4) is 0 Å². The average molecular weight is 316 g/mol. The van der Waals surface area contributed by atoms with Gasteiger partial charge in [-0.05, 0) is 25.5 Å². The largest absolute Gasteiger partial charge is 0.451 e. The van der Waals surface area contributed by atoms with Crippen molar-refractivity contribution in [3.63, 3.8) is 0 Å². The van der Waals surface area contributed by atoms with E-state index in [2.05, 4.69) is 10.3 Å². The van der Waals surface area contributed by atoms with Gasteiger partial charge in [0.15, 0.2) is 12.0 Å². The van der Waals surface area contributed by atoms with E-state index in [0.29, 0.717) is 10.9 Å². The summed E-state index contributed by atoms with van der Waals surface area (Å²) in [6, 6.07) is 8.10. The Balaban J connectivity index is 2.01. The lowest BCUT2D eigenvalue weighted by atomic mass is 10.2. The minimum Gasteiger partial charge on any atom is -0.451 e. The minimum absolute atomic E-state index is 0.0307. The molecule has 0 bridgehead atoms. The number of H-pyrrole nitrogens is 1.